The minimum Gasteiger partial charge on any atom is -0.393 e. The normalized spacial score (nSPS) is 12.2. The molecule has 0 radical (unpaired) electrons. The summed E-state index contributed by atoms with van der Waals surface area (Å²) in [5.74, 6) is -0.0995. The van der Waals surface area contributed by atoms with Gasteiger partial charge in [-0.3, -0.25) is 4.79 Å². The van der Waals surface area contributed by atoms with E-state index in [1.807, 2.05) is 6.07 Å². The maximum absolute atomic E-state index is 11.8. The summed E-state index contributed by atoms with van der Waals surface area (Å²) >= 11 is 6.68. The number of benzene rings is 1. The van der Waals surface area contributed by atoms with E-state index in [1.54, 1.807) is 19.1 Å². The maximum atomic E-state index is 11.8. The second-order valence-electron chi connectivity index (χ2n) is 3.91. The Morgan fingerprint density at radius 1 is 1.35 bits per heavy atom. The molecule has 3 nitrogen and oxygen atoms in total. The molecule has 0 aliphatic rings. The van der Waals surface area contributed by atoms with Gasteiger partial charge in [-0.25, -0.2) is 0 Å². The standard InChI is InChI=1S/C12H15Br2NO2/c1-8(16)3-2-4-15-12(17)9-5-10(13)7-11(14)6-9/h5-8,16H,2-4H2,1H3,(H,15,17). The number of carbonyl (C=O) groups is 1. The molecule has 1 amide bonds. The van der Waals surface area contributed by atoms with Gasteiger partial charge in [0.05, 0.1) is 6.10 Å². The van der Waals surface area contributed by atoms with E-state index in [9.17, 15) is 4.79 Å². The average molecular weight is 365 g/mol. The van der Waals surface area contributed by atoms with Crippen LogP contribution < -0.4 is 5.32 Å². The Hall–Kier alpha value is -0.390. The zero-order chi connectivity index (χ0) is 12.8. The molecule has 1 atom stereocenters. The number of hydrogen-bond donors (Lipinski definition) is 2. The molecule has 0 spiro atoms. The highest BCUT2D eigenvalue weighted by molar-refractivity contribution is 9.11. The fraction of sp³-hybridized carbons (Fsp3) is 0.417. The monoisotopic (exact) mass is 363 g/mol. The number of halogens is 2. The molecule has 1 rings (SSSR count). The van der Waals surface area contributed by atoms with Gasteiger partial charge in [0.15, 0.2) is 0 Å². The molecular weight excluding hydrogens is 350 g/mol. The quantitative estimate of drug-likeness (QED) is 0.788. The van der Waals surface area contributed by atoms with E-state index in [4.69, 9.17) is 5.11 Å². The van der Waals surface area contributed by atoms with E-state index in [0.717, 1.165) is 15.4 Å². The molecule has 0 heterocycles. The molecule has 94 valence electrons. The van der Waals surface area contributed by atoms with Gasteiger partial charge >= 0.3 is 0 Å². The average Bonchev–Trinajstić information content (AvgIpc) is 2.22. The van der Waals surface area contributed by atoms with Crippen LogP contribution in [0, 0.1) is 0 Å². The Kier molecular flexibility index (Phi) is 6.16. The summed E-state index contributed by atoms with van der Waals surface area (Å²) in [7, 11) is 0. The summed E-state index contributed by atoms with van der Waals surface area (Å²) in [5.41, 5.74) is 0.614. The molecule has 0 saturated carbocycles. The number of carbonyl (C=O) groups excluding carboxylic acids is 1. The number of rotatable bonds is 5. The van der Waals surface area contributed by atoms with Gasteiger partial charge in [0, 0.05) is 21.1 Å². The number of aliphatic hydroxyl groups is 1. The predicted molar refractivity (Wildman–Crippen MR) is 75.1 cm³/mol. The fourth-order valence-electron chi connectivity index (χ4n) is 1.39. The van der Waals surface area contributed by atoms with Crippen molar-refractivity contribution in [2.75, 3.05) is 6.54 Å². The van der Waals surface area contributed by atoms with E-state index in [1.165, 1.54) is 0 Å². The van der Waals surface area contributed by atoms with Gasteiger partial charge < -0.3 is 10.4 Å². The van der Waals surface area contributed by atoms with Crippen molar-refractivity contribution < 1.29 is 9.90 Å². The number of aliphatic hydroxyl groups excluding tert-OH is 1. The number of nitrogens with one attached hydrogen (secondary N) is 1. The number of hydrogen-bond acceptors (Lipinski definition) is 2. The summed E-state index contributed by atoms with van der Waals surface area (Å²) in [6.07, 6.45) is 1.16. The van der Waals surface area contributed by atoms with Gasteiger partial charge in [-0.15, -0.1) is 0 Å². The van der Waals surface area contributed by atoms with E-state index >= 15 is 0 Å². The van der Waals surface area contributed by atoms with Crippen molar-refractivity contribution in [3.63, 3.8) is 0 Å². The first kappa shape index (κ1) is 14.7. The van der Waals surface area contributed by atoms with E-state index in [0.29, 0.717) is 18.5 Å². The van der Waals surface area contributed by atoms with Crippen molar-refractivity contribution >= 4 is 37.8 Å². The molecule has 0 aliphatic heterocycles. The molecule has 1 aromatic rings. The minimum atomic E-state index is -0.313. The molecule has 0 aliphatic carbocycles. The first-order chi connectivity index (χ1) is 7.99. The van der Waals surface area contributed by atoms with Crippen LogP contribution in [-0.2, 0) is 0 Å². The van der Waals surface area contributed by atoms with Crippen LogP contribution >= 0.6 is 31.9 Å². The zero-order valence-electron chi connectivity index (χ0n) is 9.54. The Balaban J connectivity index is 2.47. The van der Waals surface area contributed by atoms with Crippen LogP contribution in [0.2, 0.25) is 0 Å². The molecular formula is C12H15Br2NO2. The minimum absolute atomic E-state index is 0.0995. The van der Waals surface area contributed by atoms with Gasteiger partial charge in [0.1, 0.15) is 0 Å². The summed E-state index contributed by atoms with van der Waals surface area (Å²) in [5, 5.41) is 11.9. The fourth-order valence-corrected chi connectivity index (χ4v) is 2.68. The molecule has 17 heavy (non-hydrogen) atoms. The lowest BCUT2D eigenvalue weighted by molar-refractivity contribution is 0.0949. The van der Waals surface area contributed by atoms with Crippen LogP contribution in [0.25, 0.3) is 0 Å². The first-order valence-corrected chi connectivity index (χ1v) is 7.00. The maximum Gasteiger partial charge on any atom is 0.251 e. The van der Waals surface area contributed by atoms with E-state index < -0.39 is 0 Å². The van der Waals surface area contributed by atoms with Crippen molar-refractivity contribution in [1.82, 2.24) is 5.32 Å². The van der Waals surface area contributed by atoms with Gasteiger partial charge in [0.2, 0.25) is 0 Å². The summed E-state index contributed by atoms with van der Waals surface area (Å²) in [6.45, 7) is 2.32. The highest BCUT2D eigenvalue weighted by atomic mass is 79.9. The molecule has 2 N–H and O–H groups in total. The highest BCUT2D eigenvalue weighted by Gasteiger charge is 2.07. The molecule has 0 bridgehead atoms. The lowest BCUT2D eigenvalue weighted by Crippen LogP contribution is -2.25. The van der Waals surface area contributed by atoms with Crippen LogP contribution in [0.4, 0.5) is 0 Å². The predicted octanol–water partition coefficient (Wildman–Crippen LogP) is 3.10. The van der Waals surface area contributed by atoms with Crippen molar-refractivity contribution in [1.29, 1.82) is 0 Å². The number of amides is 1. The van der Waals surface area contributed by atoms with E-state index in [-0.39, 0.29) is 12.0 Å². The second-order valence-corrected chi connectivity index (χ2v) is 5.74. The molecule has 0 aromatic heterocycles. The van der Waals surface area contributed by atoms with Crippen molar-refractivity contribution in [3.05, 3.63) is 32.7 Å². The van der Waals surface area contributed by atoms with E-state index in [2.05, 4.69) is 37.2 Å². The zero-order valence-corrected chi connectivity index (χ0v) is 12.7. The second kappa shape index (κ2) is 7.13. The van der Waals surface area contributed by atoms with Gasteiger partial charge in [-0.05, 0) is 38.0 Å². The lowest BCUT2D eigenvalue weighted by Gasteiger charge is -2.07. The van der Waals surface area contributed by atoms with Gasteiger partial charge in [-0.1, -0.05) is 31.9 Å². The van der Waals surface area contributed by atoms with Crippen LogP contribution in [0.15, 0.2) is 27.1 Å². The SMILES string of the molecule is CC(O)CCCNC(=O)c1cc(Br)cc(Br)c1. The third kappa shape index (κ3) is 5.66. The summed E-state index contributed by atoms with van der Waals surface area (Å²) in [6, 6.07) is 5.42. The Bertz CT molecular complexity index is 374. The summed E-state index contributed by atoms with van der Waals surface area (Å²) < 4.78 is 1.72. The molecule has 1 aromatic carbocycles. The highest BCUT2D eigenvalue weighted by Crippen LogP contribution is 2.19. The van der Waals surface area contributed by atoms with Crippen LogP contribution in [0.1, 0.15) is 30.1 Å². The third-order valence-corrected chi connectivity index (χ3v) is 3.12. The Morgan fingerprint density at radius 3 is 2.47 bits per heavy atom. The molecule has 0 saturated heterocycles. The Labute approximate surface area is 118 Å². The summed E-state index contributed by atoms with van der Waals surface area (Å²) in [4.78, 5) is 11.8. The largest absolute Gasteiger partial charge is 0.393 e. The topological polar surface area (TPSA) is 49.3 Å². The Morgan fingerprint density at radius 2 is 1.94 bits per heavy atom. The third-order valence-electron chi connectivity index (χ3n) is 2.21. The van der Waals surface area contributed by atoms with Crippen molar-refractivity contribution in [2.24, 2.45) is 0 Å². The van der Waals surface area contributed by atoms with Crippen molar-refractivity contribution in [3.8, 4) is 0 Å². The molecule has 5 heteroatoms. The first-order valence-electron chi connectivity index (χ1n) is 5.41. The van der Waals surface area contributed by atoms with Crippen LogP contribution in [-0.4, -0.2) is 23.7 Å². The van der Waals surface area contributed by atoms with Gasteiger partial charge in [-0.2, -0.15) is 0 Å². The van der Waals surface area contributed by atoms with Crippen molar-refractivity contribution in [2.45, 2.75) is 25.9 Å². The smallest absolute Gasteiger partial charge is 0.251 e. The molecule has 0 fully saturated rings. The van der Waals surface area contributed by atoms with Crippen LogP contribution in [0.5, 0.6) is 0 Å². The van der Waals surface area contributed by atoms with Crippen LogP contribution in [0.3, 0.4) is 0 Å². The van der Waals surface area contributed by atoms with Gasteiger partial charge in [0.25, 0.3) is 5.91 Å². The molecule has 1 unspecified atom stereocenters. The lowest BCUT2D eigenvalue weighted by atomic mass is 10.2.